The molecule has 0 fully saturated rings. The van der Waals surface area contributed by atoms with Crippen LogP contribution in [0.2, 0.25) is 0 Å². The summed E-state index contributed by atoms with van der Waals surface area (Å²) >= 11 is 0. The van der Waals surface area contributed by atoms with E-state index in [1.54, 1.807) is 14.4 Å². The van der Waals surface area contributed by atoms with Crippen LogP contribution in [-0.2, 0) is 4.65 Å². The largest absolute Gasteiger partial charge is 0.427 e. The molecule has 0 aromatic heterocycles. The van der Waals surface area contributed by atoms with Crippen LogP contribution < -0.4 is 5.46 Å². The molecule has 1 N–H and O–H groups in total. The predicted octanol–water partition coefficient (Wildman–Crippen LogP) is 6.23. The van der Waals surface area contributed by atoms with Crippen molar-refractivity contribution in [3.63, 3.8) is 0 Å². The molecule has 0 aliphatic heterocycles. The Bertz CT molecular complexity index is 1440. The molecule has 157 valence electrons. The Kier molecular flexibility index (Phi) is 5.24. The van der Waals surface area contributed by atoms with Gasteiger partial charge in [-0.1, -0.05) is 84.3 Å². The lowest BCUT2D eigenvalue weighted by atomic mass is 9.84. The first kappa shape index (κ1) is 20.8. The van der Waals surface area contributed by atoms with E-state index in [2.05, 4.69) is 91.0 Å². The molecule has 0 amide bonds. The molecule has 0 spiro atoms. The summed E-state index contributed by atoms with van der Waals surface area (Å²) in [5, 5.41) is 17.3. The smallest absolute Gasteiger partial charge is 0.330 e. The zero-order chi connectivity index (χ0) is 22.3. The Morgan fingerprint density at radius 1 is 0.688 bits per heavy atom. The fourth-order valence-corrected chi connectivity index (χ4v) is 4.03. The highest BCUT2D eigenvalue weighted by molar-refractivity contribution is 6.47. The molecule has 2 nitrogen and oxygen atoms in total. The highest BCUT2D eigenvalue weighted by atomic mass is 16.5. The molecule has 0 bridgehead atoms. The summed E-state index contributed by atoms with van der Waals surface area (Å²) in [4.78, 5) is 0. The van der Waals surface area contributed by atoms with Crippen molar-refractivity contribution >= 4 is 45.3 Å². The van der Waals surface area contributed by atoms with Gasteiger partial charge in [0, 0.05) is 0 Å². The minimum absolute atomic E-state index is 0.554. The fraction of sp³-hybridized carbons (Fsp3) is 0.172. The first-order valence-corrected chi connectivity index (χ1v) is 11.1. The first-order chi connectivity index (χ1) is 15.4. The van der Waals surface area contributed by atoms with E-state index in [1.807, 2.05) is 13.8 Å². The maximum absolute atomic E-state index is 9.84. The predicted molar refractivity (Wildman–Crippen MR) is 137 cm³/mol. The first-order valence-electron chi connectivity index (χ1n) is 11.1. The van der Waals surface area contributed by atoms with Gasteiger partial charge in [-0.3, -0.25) is 0 Å². The van der Waals surface area contributed by atoms with E-state index >= 15 is 0 Å². The number of benzene rings is 5. The van der Waals surface area contributed by atoms with E-state index in [0.717, 1.165) is 10.8 Å². The molecule has 5 aromatic carbocycles. The molecule has 0 aliphatic carbocycles. The topological polar surface area (TPSA) is 29.5 Å². The van der Waals surface area contributed by atoms with Crippen LogP contribution in [0.3, 0.4) is 0 Å². The van der Waals surface area contributed by atoms with Crippen molar-refractivity contribution in [2.24, 2.45) is 0 Å². The second-order valence-electron chi connectivity index (χ2n) is 9.06. The van der Waals surface area contributed by atoms with Crippen molar-refractivity contribution in [2.45, 2.75) is 32.5 Å². The standard InChI is InChI=1S/C29H26BO2/c1-19(31)29(2,3)32-30-26-14-12-22-16-21(9-10-24(22)18-26)23-13-15-28-25(17-23)11-8-20-6-4-5-7-27(20)28/h4-19,31H,1-3H3. The molecule has 3 heteroatoms. The highest BCUT2D eigenvalue weighted by Gasteiger charge is 2.24. The van der Waals surface area contributed by atoms with Gasteiger partial charge in [-0.2, -0.15) is 0 Å². The third-order valence-corrected chi connectivity index (χ3v) is 6.45. The minimum atomic E-state index is -0.625. The summed E-state index contributed by atoms with van der Waals surface area (Å²) in [5.74, 6) is 0. The van der Waals surface area contributed by atoms with Gasteiger partial charge in [0.05, 0.1) is 11.7 Å². The van der Waals surface area contributed by atoms with Crippen molar-refractivity contribution < 1.29 is 9.76 Å². The SMILES string of the molecule is CC(O)C(C)(C)O[B]c1ccc2cc(-c3ccc4c(ccc5ccccc54)c3)ccc2c1. The molecular weight excluding hydrogens is 391 g/mol. The van der Waals surface area contributed by atoms with Crippen molar-refractivity contribution in [3.8, 4) is 11.1 Å². The van der Waals surface area contributed by atoms with Gasteiger partial charge in [-0.25, -0.2) is 0 Å². The molecule has 0 saturated heterocycles. The Labute approximate surface area is 189 Å². The third-order valence-electron chi connectivity index (χ3n) is 6.45. The number of rotatable bonds is 5. The summed E-state index contributed by atoms with van der Waals surface area (Å²) in [6.45, 7) is 5.51. The van der Waals surface area contributed by atoms with Gasteiger partial charge in [-0.15, -0.1) is 0 Å². The van der Waals surface area contributed by atoms with E-state index < -0.39 is 11.7 Å². The van der Waals surface area contributed by atoms with Gasteiger partial charge in [0.25, 0.3) is 0 Å². The molecule has 1 radical (unpaired) electrons. The lowest BCUT2D eigenvalue weighted by molar-refractivity contribution is -0.0146. The Morgan fingerprint density at radius 3 is 2.09 bits per heavy atom. The van der Waals surface area contributed by atoms with Gasteiger partial charge in [0.2, 0.25) is 0 Å². The van der Waals surface area contributed by atoms with Crippen LogP contribution >= 0.6 is 0 Å². The summed E-state index contributed by atoms with van der Waals surface area (Å²) in [6, 6.07) is 32.5. The number of aliphatic hydroxyl groups is 1. The minimum Gasteiger partial charge on any atom is -0.427 e. The van der Waals surface area contributed by atoms with Crippen molar-refractivity contribution in [1.29, 1.82) is 0 Å². The fourth-order valence-electron chi connectivity index (χ4n) is 4.03. The number of fused-ring (bicyclic) bond motifs is 4. The molecule has 5 aromatic rings. The van der Waals surface area contributed by atoms with Crippen LogP contribution in [0.4, 0.5) is 0 Å². The molecule has 5 rings (SSSR count). The molecule has 0 saturated carbocycles. The van der Waals surface area contributed by atoms with Gasteiger partial charge in [-0.05, 0) is 76.3 Å². The Morgan fingerprint density at radius 2 is 1.28 bits per heavy atom. The number of hydrogen-bond donors (Lipinski definition) is 1. The third kappa shape index (κ3) is 3.90. The lowest BCUT2D eigenvalue weighted by Crippen LogP contribution is -2.40. The molecule has 1 atom stereocenters. The monoisotopic (exact) mass is 417 g/mol. The molecule has 0 aliphatic rings. The lowest BCUT2D eigenvalue weighted by Gasteiger charge is -2.28. The van der Waals surface area contributed by atoms with Crippen LogP contribution in [0.1, 0.15) is 20.8 Å². The van der Waals surface area contributed by atoms with Gasteiger partial charge >= 0.3 is 7.48 Å². The molecule has 0 heterocycles. The summed E-state index contributed by atoms with van der Waals surface area (Å²) in [6.07, 6.45) is -0.554. The zero-order valence-corrected chi connectivity index (χ0v) is 18.7. The van der Waals surface area contributed by atoms with Crippen LogP contribution in [0.15, 0.2) is 91.0 Å². The Hall–Kier alpha value is -3.14. The van der Waals surface area contributed by atoms with Crippen molar-refractivity contribution in [1.82, 2.24) is 0 Å². The Balaban J connectivity index is 1.45. The van der Waals surface area contributed by atoms with E-state index in [-0.39, 0.29) is 0 Å². The molecule has 1 unspecified atom stereocenters. The molecule has 32 heavy (non-hydrogen) atoms. The zero-order valence-electron chi connectivity index (χ0n) is 18.7. The van der Waals surface area contributed by atoms with Crippen LogP contribution in [0.5, 0.6) is 0 Å². The van der Waals surface area contributed by atoms with Crippen LogP contribution in [-0.4, -0.2) is 24.3 Å². The average molecular weight is 417 g/mol. The number of hydrogen-bond acceptors (Lipinski definition) is 2. The summed E-state index contributed by atoms with van der Waals surface area (Å²) in [5.41, 5.74) is 2.78. The average Bonchev–Trinajstić information content (AvgIpc) is 2.81. The van der Waals surface area contributed by atoms with Crippen molar-refractivity contribution in [2.75, 3.05) is 0 Å². The summed E-state index contributed by atoms with van der Waals surface area (Å²) < 4.78 is 5.82. The maximum Gasteiger partial charge on any atom is 0.330 e. The van der Waals surface area contributed by atoms with Crippen molar-refractivity contribution in [3.05, 3.63) is 91.0 Å². The summed E-state index contributed by atoms with van der Waals surface area (Å²) in [7, 11) is 1.73. The van der Waals surface area contributed by atoms with Crippen LogP contribution in [0.25, 0.3) is 43.4 Å². The van der Waals surface area contributed by atoms with E-state index in [1.165, 1.54) is 38.1 Å². The van der Waals surface area contributed by atoms with E-state index in [9.17, 15) is 5.11 Å². The van der Waals surface area contributed by atoms with Gasteiger partial charge < -0.3 is 9.76 Å². The normalized spacial score (nSPS) is 13.0. The molecular formula is C29H26BO2. The van der Waals surface area contributed by atoms with Crippen LogP contribution in [0, 0.1) is 0 Å². The van der Waals surface area contributed by atoms with Gasteiger partial charge in [0.1, 0.15) is 0 Å². The quantitative estimate of drug-likeness (QED) is 0.271. The van der Waals surface area contributed by atoms with Gasteiger partial charge in [0.15, 0.2) is 0 Å². The number of aliphatic hydroxyl groups excluding tert-OH is 1. The van der Waals surface area contributed by atoms with E-state index in [0.29, 0.717) is 0 Å². The highest BCUT2D eigenvalue weighted by Crippen LogP contribution is 2.31. The maximum atomic E-state index is 9.84. The second-order valence-corrected chi connectivity index (χ2v) is 9.06. The van der Waals surface area contributed by atoms with E-state index in [4.69, 9.17) is 4.65 Å². The second kappa shape index (κ2) is 8.09.